The third-order valence-electron chi connectivity index (χ3n) is 3.44. The Balaban J connectivity index is 0.000000497. The van der Waals surface area contributed by atoms with Crippen LogP contribution in [-0.4, -0.2) is 28.7 Å². The quantitative estimate of drug-likeness (QED) is 0.802. The number of benzene rings is 1. The summed E-state index contributed by atoms with van der Waals surface area (Å²) in [6.07, 6.45) is 1.95. The molecule has 0 bridgehead atoms. The summed E-state index contributed by atoms with van der Waals surface area (Å²) in [5.74, 6) is -0.757. The fourth-order valence-electron chi connectivity index (χ4n) is 2.51. The fourth-order valence-corrected chi connectivity index (χ4v) is 2.51. The average Bonchev–Trinajstić information content (AvgIpc) is 2.78. The summed E-state index contributed by atoms with van der Waals surface area (Å²) >= 11 is 0. The zero-order chi connectivity index (χ0) is 15.4. The molecule has 5 nitrogen and oxygen atoms in total. The second kappa shape index (κ2) is 6.52. The molecule has 1 atom stereocenters. The van der Waals surface area contributed by atoms with E-state index in [9.17, 15) is 14.4 Å². The van der Waals surface area contributed by atoms with Crippen LogP contribution in [0.15, 0.2) is 24.3 Å². The van der Waals surface area contributed by atoms with Crippen LogP contribution in [0.2, 0.25) is 0 Å². The number of fused-ring (bicyclic) bond motifs is 1. The molecule has 2 aliphatic heterocycles. The molecule has 3 amide bonds. The zero-order valence-electron chi connectivity index (χ0n) is 12.4. The largest absolute Gasteiger partial charge is 0.322 e. The summed E-state index contributed by atoms with van der Waals surface area (Å²) < 4.78 is 0. The Morgan fingerprint density at radius 2 is 1.86 bits per heavy atom. The van der Waals surface area contributed by atoms with Crippen LogP contribution in [-0.2, 0) is 16.1 Å². The van der Waals surface area contributed by atoms with Gasteiger partial charge in [0.15, 0.2) is 0 Å². The summed E-state index contributed by atoms with van der Waals surface area (Å²) in [6.45, 7) is 4.70. The molecular formula is C16H20N2O3. The molecule has 1 unspecified atom stereocenters. The minimum absolute atomic E-state index is 0.125. The van der Waals surface area contributed by atoms with Gasteiger partial charge in [0.1, 0.15) is 6.04 Å². The van der Waals surface area contributed by atoms with Gasteiger partial charge in [0.05, 0.1) is 0 Å². The van der Waals surface area contributed by atoms with Gasteiger partial charge in [-0.05, 0) is 18.1 Å². The normalized spacial score (nSPS) is 20.6. The van der Waals surface area contributed by atoms with Crippen LogP contribution < -0.4 is 5.32 Å². The molecule has 1 fully saturated rings. The molecule has 21 heavy (non-hydrogen) atoms. The molecule has 5 heteroatoms. The van der Waals surface area contributed by atoms with E-state index in [4.69, 9.17) is 0 Å². The van der Waals surface area contributed by atoms with E-state index in [1.807, 2.05) is 18.2 Å². The maximum Gasteiger partial charge on any atom is 0.255 e. The zero-order valence-corrected chi connectivity index (χ0v) is 12.4. The Morgan fingerprint density at radius 1 is 1.19 bits per heavy atom. The van der Waals surface area contributed by atoms with Crippen molar-refractivity contribution in [3.63, 3.8) is 0 Å². The van der Waals surface area contributed by atoms with Gasteiger partial charge in [-0.2, -0.15) is 0 Å². The van der Waals surface area contributed by atoms with Gasteiger partial charge in [-0.25, -0.2) is 0 Å². The summed E-state index contributed by atoms with van der Waals surface area (Å²) in [6, 6.07) is 6.82. The molecule has 0 radical (unpaired) electrons. The first-order valence-electron chi connectivity index (χ1n) is 7.31. The predicted octanol–water partition coefficient (Wildman–Crippen LogP) is 1.86. The Bertz CT molecular complexity index is 568. The van der Waals surface area contributed by atoms with E-state index in [0.717, 1.165) is 5.56 Å². The Hall–Kier alpha value is -2.17. The van der Waals surface area contributed by atoms with E-state index in [1.165, 1.54) is 6.42 Å². The van der Waals surface area contributed by atoms with E-state index < -0.39 is 6.04 Å². The maximum atomic E-state index is 12.2. The molecule has 0 saturated carbocycles. The van der Waals surface area contributed by atoms with Crippen LogP contribution in [0.3, 0.4) is 0 Å². The highest BCUT2D eigenvalue weighted by Crippen LogP contribution is 2.26. The highest BCUT2D eigenvalue weighted by molar-refractivity contribution is 6.05. The number of carbonyl (C=O) groups excluding carboxylic acids is 3. The summed E-state index contributed by atoms with van der Waals surface area (Å²) in [5, 5.41) is 2.28. The number of rotatable bonds is 1. The molecule has 0 aliphatic carbocycles. The molecule has 2 aliphatic rings. The van der Waals surface area contributed by atoms with Crippen molar-refractivity contribution in [3.05, 3.63) is 35.4 Å². The summed E-state index contributed by atoms with van der Waals surface area (Å²) in [5.41, 5.74) is 1.59. The Morgan fingerprint density at radius 3 is 2.48 bits per heavy atom. The molecule has 3 rings (SSSR count). The summed E-state index contributed by atoms with van der Waals surface area (Å²) in [4.78, 5) is 36.6. The van der Waals surface area contributed by atoms with Crippen molar-refractivity contribution in [2.24, 2.45) is 0 Å². The van der Waals surface area contributed by atoms with Crippen molar-refractivity contribution in [1.29, 1.82) is 0 Å². The van der Waals surface area contributed by atoms with E-state index in [-0.39, 0.29) is 24.1 Å². The Labute approximate surface area is 124 Å². The van der Waals surface area contributed by atoms with Gasteiger partial charge in [-0.3, -0.25) is 19.7 Å². The third-order valence-corrected chi connectivity index (χ3v) is 3.44. The third kappa shape index (κ3) is 3.12. The molecular weight excluding hydrogens is 268 g/mol. The number of amides is 3. The van der Waals surface area contributed by atoms with Crippen LogP contribution >= 0.6 is 0 Å². The van der Waals surface area contributed by atoms with Gasteiger partial charge >= 0.3 is 0 Å². The van der Waals surface area contributed by atoms with E-state index >= 15 is 0 Å². The number of hydrogen-bond acceptors (Lipinski definition) is 3. The van der Waals surface area contributed by atoms with Gasteiger partial charge in [-0.15, -0.1) is 0 Å². The topological polar surface area (TPSA) is 66.5 Å². The van der Waals surface area contributed by atoms with Crippen molar-refractivity contribution < 1.29 is 14.4 Å². The van der Waals surface area contributed by atoms with Gasteiger partial charge in [-0.1, -0.05) is 38.5 Å². The molecule has 1 N–H and O–H groups in total. The smallest absolute Gasteiger partial charge is 0.255 e. The first-order valence-corrected chi connectivity index (χ1v) is 7.31. The minimum atomic E-state index is -0.525. The van der Waals surface area contributed by atoms with Crippen molar-refractivity contribution in [3.8, 4) is 0 Å². The van der Waals surface area contributed by atoms with Gasteiger partial charge in [0.25, 0.3) is 5.91 Å². The number of nitrogens with zero attached hydrogens (tertiary/aromatic N) is 1. The van der Waals surface area contributed by atoms with E-state index in [1.54, 1.807) is 11.0 Å². The van der Waals surface area contributed by atoms with Crippen LogP contribution in [0.25, 0.3) is 0 Å². The highest BCUT2D eigenvalue weighted by atomic mass is 16.2. The van der Waals surface area contributed by atoms with E-state index in [0.29, 0.717) is 18.5 Å². The highest BCUT2D eigenvalue weighted by Gasteiger charge is 2.38. The number of carbonyl (C=O) groups is 3. The molecule has 2 heterocycles. The SMILES string of the molecule is CCC.O=C1CCC(N2Cc3ccccc3C2=O)C(=O)N1. The monoisotopic (exact) mass is 288 g/mol. The van der Waals surface area contributed by atoms with Crippen LogP contribution in [0.4, 0.5) is 0 Å². The van der Waals surface area contributed by atoms with Crippen molar-refractivity contribution in [2.45, 2.75) is 45.7 Å². The molecule has 1 aromatic rings. The lowest BCUT2D eigenvalue weighted by atomic mass is 10.0. The van der Waals surface area contributed by atoms with Crippen molar-refractivity contribution in [2.75, 3.05) is 0 Å². The predicted molar refractivity (Wildman–Crippen MR) is 78.5 cm³/mol. The number of hydrogen-bond donors (Lipinski definition) is 1. The number of piperidine rings is 1. The van der Waals surface area contributed by atoms with Gasteiger partial charge < -0.3 is 4.90 Å². The lowest BCUT2D eigenvalue weighted by molar-refractivity contribution is -0.136. The minimum Gasteiger partial charge on any atom is -0.322 e. The second-order valence-corrected chi connectivity index (χ2v) is 5.26. The molecule has 112 valence electrons. The van der Waals surface area contributed by atoms with Crippen LogP contribution in [0.1, 0.15) is 49.0 Å². The van der Waals surface area contributed by atoms with E-state index in [2.05, 4.69) is 19.2 Å². The van der Waals surface area contributed by atoms with Crippen molar-refractivity contribution >= 4 is 17.7 Å². The number of nitrogens with one attached hydrogen (secondary N) is 1. The average molecular weight is 288 g/mol. The maximum absolute atomic E-state index is 12.2. The molecule has 0 spiro atoms. The first-order chi connectivity index (χ1) is 10.1. The fraction of sp³-hybridized carbons (Fsp3) is 0.438. The van der Waals surface area contributed by atoms with Gasteiger partial charge in [0.2, 0.25) is 11.8 Å². The first kappa shape index (κ1) is 15.2. The van der Waals surface area contributed by atoms with Crippen molar-refractivity contribution in [1.82, 2.24) is 10.2 Å². The molecule has 1 aromatic carbocycles. The molecule has 0 aromatic heterocycles. The Kier molecular flexibility index (Phi) is 4.73. The summed E-state index contributed by atoms with van der Waals surface area (Å²) in [7, 11) is 0. The lowest BCUT2D eigenvalue weighted by Gasteiger charge is -2.29. The van der Waals surface area contributed by atoms with Crippen LogP contribution in [0, 0.1) is 0 Å². The van der Waals surface area contributed by atoms with Crippen LogP contribution in [0.5, 0.6) is 0 Å². The number of imide groups is 1. The van der Waals surface area contributed by atoms with Gasteiger partial charge in [0, 0.05) is 18.5 Å². The molecule has 1 saturated heterocycles. The standard InChI is InChI=1S/C13H12N2O3.C3H8/c16-11-6-5-10(12(17)14-11)15-7-8-3-1-2-4-9(8)13(15)18;1-3-2/h1-4,10H,5-7H2,(H,14,16,17);3H2,1-2H3. The lowest BCUT2D eigenvalue weighted by Crippen LogP contribution is -2.52. The second-order valence-electron chi connectivity index (χ2n) is 5.26.